The van der Waals surface area contributed by atoms with Crippen molar-refractivity contribution >= 4 is 12.6 Å². The van der Waals surface area contributed by atoms with E-state index in [2.05, 4.69) is 58.0 Å². The predicted molar refractivity (Wildman–Crippen MR) is 105 cm³/mol. The highest BCUT2D eigenvalue weighted by atomic mass is 16.7. The number of fused-ring (bicyclic) bond motifs is 5. The fourth-order valence-electron chi connectivity index (χ4n) is 4.70. The molecule has 2 bridgehead atoms. The van der Waals surface area contributed by atoms with Gasteiger partial charge in [0, 0.05) is 17.2 Å². The van der Waals surface area contributed by atoms with Crippen LogP contribution in [-0.2, 0) is 9.31 Å². The molecule has 2 atom stereocenters. The maximum Gasteiger partial charge on any atom is 0.496 e. The summed E-state index contributed by atoms with van der Waals surface area (Å²) in [5.74, 6) is 1.58. The normalized spacial score (nSPS) is 27.8. The van der Waals surface area contributed by atoms with E-state index in [1.807, 2.05) is 6.20 Å². The van der Waals surface area contributed by atoms with E-state index in [0.717, 1.165) is 23.0 Å². The Labute approximate surface area is 156 Å². The average molecular weight is 347 g/mol. The van der Waals surface area contributed by atoms with E-state index in [9.17, 15) is 0 Å². The zero-order valence-electron chi connectivity index (χ0n) is 16.1. The van der Waals surface area contributed by atoms with E-state index in [-0.39, 0.29) is 18.3 Å². The van der Waals surface area contributed by atoms with Gasteiger partial charge in [0.05, 0.1) is 16.9 Å². The molecule has 2 fully saturated rings. The Morgan fingerprint density at radius 2 is 1.62 bits per heavy atom. The Bertz CT molecular complexity index is 843. The third-order valence-electron chi connectivity index (χ3n) is 7.01. The van der Waals surface area contributed by atoms with Gasteiger partial charge < -0.3 is 9.31 Å². The van der Waals surface area contributed by atoms with Crippen molar-refractivity contribution in [3.8, 4) is 11.3 Å². The molecule has 2 heterocycles. The highest BCUT2D eigenvalue weighted by Crippen LogP contribution is 2.53. The number of pyridine rings is 1. The topological polar surface area (TPSA) is 31.4 Å². The van der Waals surface area contributed by atoms with Gasteiger partial charge in [0.15, 0.2) is 0 Å². The van der Waals surface area contributed by atoms with Gasteiger partial charge in [-0.25, -0.2) is 0 Å². The zero-order chi connectivity index (χ0) is 18.1. The monoisotopic (exact) mass is 347 g/mol. The molecule has 134 valence electrons. The van der Waals surface area contributed by atoms with Crippen LogP contribution in [0.4, 0.5) is 0 Å². The molecular weight excluding hydrogens is 321 g/mol. The molecule has 2 aromatic rings. The predicted octanol–water partition coefficient (Wildman–Crippen LogP) is 4.41. The van der Waals surface area contributed by atoms with Gasteiger partial charge in [-0.2, -0.15) is 0 Å². The minimum absolute atomic E-state index is 0.324. The molecule has 0 spiro atoms. The van der Waals surface area contributed by atoms with Crippen molar-refractivity contribution in [3.05, 3.63) is 47.7 Å². The molecule has 1 aromatic heterocycles. The summed E-state index contributed by atoms with van der Waals surface area (Å²) in [6.07, 6.45) is 5.98. The molecule has 2 aliphatic carbocycles. The Hall–Kier alpha value is -1.65. The lowest BCUT2D eigenvalue weighted by molar-refractivity contribution is 0.00578. The smallest absolute Gasteiger partial charge is 0.399 e. The fourth-order valence-corrected chi connectivity index (χ4v) is 4.70. The van der Waals surface area contributed by atoms with E-state index in [0.29, 0.717) is 0 Å². The number of aromatic nitrogens is 1. The van der Waals surface area contributed by atoms with Crippen molar-refractivity contribution in [2.45, 2.75) is 70.0 Å². The van der Waals surface area contributed by atoms with Crippen molar-refractivity contribution in [1.82, 2.24) is 4.98 Å². The van der Waals surface area contributed by atoms with Crippen LogP contribution in [-0.4, -0.2) is 23.3 Å². The van der Waals surface area contributed by atoms with Crippen LogP contribution in [0.2, 0.25) is 0 Å². The number of nitrogens with zero attached hydrogens (tertiary/aromatic N) is 1. The van der Waals surface area contributed by atoms with Crippen molar-refractivity contribution < 1.29 is 9.31 Å². The molecule has 0 amide bonds. The molecule has 3 aliphatic rings. The molecule has 5 rings (SSSR count). The molecular formula is C22H26BNO2. The number of benzene rings is 1. The van der Waals surface area contributed by atoms with Gasteiger partial charge in [0.1, 0.15) is 0 Å². The first-order valence-corrected chi connectivity index (χ1v) is 9.80. The Balaban J connectivity index is 1.41. The Morgan fingerprint density at radius 1 is 0.923 bits per heavy atom. The van der Waals surface area contributed by atoms with Crippen molar-refractivity contribution in [3.63, 3.8) is 0 Å². The summed E-state index contributed by atoms with van der Waals surface area (Å²) in [5, 5.41) is 0. The van der Waals surface area contributed by atoms with Crippen LogP contribution in [0.5, 0.6) is 0 Å². The molecule has 0 N–H and O–H groups in total. The molecule has 2 unspecified atom stereocenters. The minimum atomic E-state index is -0.350. The second kappa shape index (κ2) is 5.43. The van der Waals surface area contributed by atoms with Gasteiger partial charge in [0.25, 0.3) is 0 Å². The zero-order valence-corrected chi connectivity index (χ0v) is 16.1. The van der Waals surface area contributed by atoms with Gasteiger partial charge >= 0.3 is 7.12 Å². The van der Waals surface area contributed by atoms with E-state index in [1.54, 1.807) is 11.1 Å². The molecule has 1 aliphatic heterocycles. The number of rotatable bonds is 2. The lowest BCUT2D eigenvalue weighted by atomic mass is 9.80. The Morgan fingerprint density at radius 3 is 2.27 bits per heavy atom. The molecule has 4 heteroatoms. The fraction of sp³-hybridized carbons (Fsp3) is 0.500. The summed E-state index contributed by atoms with van der Waals surface area (Å²) in [7, 11) is -0.350. The second-order valence-corrected chi connectivity index (χ2v) is 9.12. The molecule has 1 saturated carbocycles. The summed E-state index contributed by atoms with van der Waals surface area (Å²) in [6.45, 7) is 8.31. The highest BCUT2D eigenvalue weighted by Gasteiger charge is 2.51. The van der Waals surface area contributed by atoms with Crippen molar-refractivity contribution in [2.75, 3.05) is 0 Å². The van der Waals surface area contributed by atoms with Gasteiger partial charge in [0.2, 0.25) is 0 Å². The van der Waals surface area contributed by atoms with Crippen LogP contribution in [0, 0.1) is 0 Å². The van der Waals surface area contributed by atoms with E-state index >= 15 is 0 Å². The van der Waals surface area contributed by atoms with Crippen LogP contribution in [0.1, 0.15) is 69.9 Å². The minimum Gasteiger partial charge on any atom is -0.399 e. The molecule has 1 aromatic carbocycles. The average Bonchev–Trinajstić information content (AvgIpc) is 3.28. The quantitative estimate of drug-likeness (QED) is 0.754. The maximum absolute atomic E-state index is 6.13. The number of hydrogen-bond acceptors (Lipinski definition) is 3. The summed E-state index contributed by atoms with van der Waals surface area (Å²) in [6, 6.07) is 11.1. The molecule has 0 radical (unpaired) electrons. The lowest BCUT2D eigenvalue weighted by Gasteiger charge is -2.32. The van der Waals surface area contributed by atoms with Gasteiger partial charge in [-0.05, 0) is 82.1 Å². The Kier molecular flexibility index (Phi) is 3.45. The molecule has 26 heavy (non-hydrogen) atoms. The largest absolute Gasteiger partial charge is 0.496 e. The SMILES string of the molecule is CC1(C)OB(c2ccc(-c3ccc4c(c3)C3CCC4C3)nc2)OC1(C)C. The molecule has 1 saturated heterocycles. The first-order valence-electron chi connectivity index (χ1n) is 9.80. The first kappa shape index (κ1) is 16.5. The highest BCUT2D eigenvalue weighted by molar-refractivity contribution is 6.62. The second-order valence-electron chi connectivity index (χ2n) is 9.12. The van der Waals surface area contributed by atoms with Crippen LogP contribution >= 0.6 is 0 Å². The third kappa shape index (κ3) is 2.39. The van der Waals surface area contributed by atoms with Gasteiger partial charge in [-0.3, -0.25) is 4.98 Å². The standard InChI is InChI=1S/C22H26BNO2/c1-21(2)22(3,4)26-23(25-21)17-8-10-20(24-13-17)16-7-9-18-14-5-6-15(11-14)19(18)12-16/h7-10,12-15H,5-6,11H2,1-4H3. The molecule has 3 nitrogen and oxygen atoms in total. The third-order valence-corrected chi connectivity index (χ3v) is 7.01. The summed E-state index contributed by atoms with van der Waals surface area (Å²) >= 11 is 0. The maximum atomic E-state index is 6.13. The van der Waals surface area contributed by atoms with Crippen LogP contribution < -0.4 is 5.46 Å². The van der Waals surface area contributed by atoms with E-state index in [1.165, 1.54) is 24.8 Å². The van der Waals surface area contributed by atoms with Gasteiger partial charge in [-0.1, -0.05) is 18.2 Å². The van der Waals surface area contributed by atoms with Gasteiger partial charge in [-0.15, -0.1) is 0 Å². The lowest BCUT2D eigenvalue weighted by Crippen LogP contribution is -2.41. The van der Waals surface area contributed by atoms with E-state index < -0.39 is 0 Å². The first-order chi connectivity index (χ1) is 12.3. The summed E-state index contributed by atoms with van der Waals surface area (Å²) < 4.78 is 12.3. The summed E-state index contributed by atoms with van der Waals surface area (Å²) in [4.78, 5) is 4.72. The van der Waals surface area contributed by atoms with Crippen molar-refractivity contribution in [1.29, 1.82) is 0 Å². The van der Waals surface area contributed by atoms with Crippen LogP contribution in [0.3, 0.4) is 0 Å². The number of hydrogen-bond donors (Lipinski definition) is 0. The van der Waals surface area contributed by atoms with E-state index in [4.69, 9.17) is 14.3 Å². The summed E-state index contributed by atoms with van der Waals surface area (Å²) in [5.41, 5.74) is 5.72. The van der Waals surface area contributed by atoms with Crippen LogP contribution in [0.15, 0.2) is 36.5 Å². The van der Waals surface area contributed by atoms with Crippen molar-refractivity contribution in [2.24, 2.45) is 0 Å². The van der Waals surface area contributed by atoms with Crippen LogP contribution in [0.25, 0.3) is 11.3 Å².